The number of para-hydroxylation sites is 1. The van der Waals surface area contributed by atoms with Crippen molar-refractivity contribution in [2.45, 2.75) is 73.9 Å². The fourth-order valence-corrected chi connectivity index (χ4v) is 6.81. The molecular formula is C28H41N5O6S. The molecule has 3 unspecified atom stereocenters. The highest BCUT2D eigenvalue weighted by Gasteiger charge is 2.62. The van der Waals surface area contributed by atoms with Crippen molar-refractivity contribution in [3.05, 3.63) is 36.9 Å². The summed E-state index contributed by atoms with van der Waals surface area (Å²) in [6.07, 6.45) is 7.93. The predicted molar refractivity (Wildman–Crippen MR) is 151 cm³/mol. The maximum atomic E-state index is 13.3. The van der Waals surface area contributed by atoms with Crippen LogP contribution in [0.4, 0.5) is 5.69 Å². The lowest BCUT2D eigenvalue weighted by atomic mass is 10.1. The normalized spacial score (nSPS) is 27.1. The Morgan fingerprint density at radius 2 is 1.93 bits per heavy atom. The van der Waals surface area contributed by atoms with Crippen molar-refractivity contribution in [3.63, 3.8) is 0 Å². The Morgan fingerprint density at radius 3 is 2.58 bits per heavy atom. The summed E-state index contributed by atoms with van der Waals surface area (Å²) in [6, 6.07) is 5.49. The summed E-state index contributed by atoms with van der Waals surface area (Å²) in [5.41, 5.74) is 4.83. The number of methoxy groups -OCH3 is 1. The monoisotopic (exact) mass is 575 g/mol. The van der Waals surface area contributed by atoms with E-state index in [9.17, 15) is 22.8 Å². The minimum absolute atomic E-state index is 0.0318. The van der Waals surface area contributed by atoms with Gasteiger partial charge in [0.15, 0.2) is 0 Å². The first-order valence-corrected chi connectivity index (χ1v) is 15.5. The van der Waals surface area contributed by atoms with Crippen LogP contribution in [-0.4, -0.2) is 64.0 Å². The molecule has 1 aliphatic heterocycles. The average Bonchev–Trinajstić information content (AvgIpc) is 3.84. The zero-order chi connectivity index (χ0) is 28.9. The van der Waals surface area contributed by atoms with Crippen LogP contribution in [0.15, 0.2) is 41.8 Å². The molecule has 0 bridgehead atoms. The summed E-state index contributed by atoms with van der Waals surface area (Å²) in [6.45, 7) is 5.09. The van der Waals surface area contributed by atoms with Gasteiger partial charge in [0, 0.05) is 12.5 Å². The van der Waals surface area contributed by atoms with Gasteiger partial charge in [-0.1, -0.05) is 43.9 Å². The Bertz CT molecular complexity index is 1220. The fraction of sp³-hybridized carbons (Fsp3) is 0.607. The number of nitrogens with two attached hydrogens (primary N) is 1. The van der Waals surface area contributed by atoms with E-state index < -0.39 is 33.5 Å². The number of fused-ring (bicyclic) bond motifs is 1. The van der Waals surface area contributed by atoms with Crippen LogP contribution in [0.3, 0.4) is 0 Å². The van der Waals surface area contributed by atoms with Crippen molar-refractivity contribution in [1.82, 2.24) is 15.4 Å². The molecule has 4 rings (SSSR count). The van der Waals surface area contributed by atoms with Gasteiger partial charge in [-0.05, 0) is 56.2 Å². The van der Waals surface area contributed by atoms with Gasteiger partial charge in [0.1, 0.15) is 16.5 Å². The summed E-state index contributed by atoms with van der Waals surface area (Å²) < 4.78 is 33.4. The second-order valence-corrected chi connectivity index (χ2v) is 12.7. The lowest BCUT2D eigenvalue weighted by Crippen LogP contribution is -2.56. The zero-order valence-corrected chi connectivity index (χ0v) is 23.8. The smallest absolute Gasteiger partial charge is 0.322 e. The first-order valence-electron chi connectivity index (χ1n) is 14.0. The van der Waals surface area contributed by atoms with E-state index in [0.717, 1.165) is 45.1 Å². The molecule has 2 aliphatic carbocycles. The molecule has 40 heavy (non-hydrogen) atoms. The number of anilines is 1. The van der Waals surface area contributed by atoms with Gasteiger partial charge in [-0.3, -0.25) is 14.4 Å². The Hall–Kier alpha value is -2.96. The Kier molecular flexibility index (Phi) is 9.52. The number of unbranched alkanes of at least 4 members (excludes halogenated alkanes) is 4. The highest BCUT2D eigenvalue weighted by Crippen LogP contribution is 2.48. The molecule has 1 aromatic rings. The van der Waals surface area contributed by atoms with E-state index in [1.165, 1.54) is 13.2 Å². The van der Waals surface area contributed by atoms with Crippen molar-refractivity contribution in [1.29, 1.82) is 0 Å². The van der Waals surface area contributed by atoms with Gasteiger partial charge in [0.25, 0.3) is 15.9 Å². The molecule has 0 radical (unpaired) electrons. The van der Waals surface area contributed by atoms with E-state index in [-0.39, 0.29) is 28.7 Å². The van der Waals surface area contributed by atoms with Gasteiger partial charge >= 0.3 is 5.97 Å². The SMILES string of the molecule is C=C[C@@H]1C[C@]1(NC(=O)C1NCC2CC21)C(=O)NS(=O)(=O)c1ccccc1NCCCCCCC[C@H](N)C(=O)OC. The summed E-state index contributed by atoms with van der Waals surface area (Å²) in [7, 11) is -2.88. The quantitative estimate of drug-likeness (QED) is 0.111. The molecular weight excluding hydrogens is 534 g/mol. The van der Waals surface area contributed by atoms with E-state index in [1.807, 2.05) is 0 Å². The number of sulfonamides is 1. The average molecular weight is 576 g/mol. The summed E-state index contributed by atoms with van der Waals surface area (Å²) in [5, 5.41) is 9.20. The van der Waals surface area contributed by atoms with E-state index in [1.54, 1.807) is 24.3 Å². The van der Waals surface area contributed by atoms with E-state index in [0.29, 0.717) is 31.0 Å². The number of esters is 1. The summed E-state index contributed by atoms with van der Waals surface area (Å²) >= 11 is 0. The van der Waals surface area contributed by atoms with Crippen molar-refractivity contribution in [2.24, 2.45) is 23.5 Å². The van der Waals surface area contributed by atoms with Crippen LogP contribution >= 0.6 is 0 Å². The third-order valence-corrected chi connectivity index (χ3v) is 9.64. The number of benzene rings is 1. The van der Waals surface area contributed by atoms with Crippen LogP contribution in [0.25, 0.3) is 0 Å². The second kappa shape index (κ2) is 12.7. The Labute approximate surface area is 236 Å². The first-order chi connectivity index (χ1) is 19.1. The molecule has 3 fully saturated rings. The Balaban J connectivity index is 1.27. The molecule has 12 heteroatoms. The van der Waals surface area contributed by atoms with Crippen molar-refractivity contribution < 1.29 is 27.5 Å². The standard InChI is InChI=1S/C28H41N5O6S/c1-3-19-16-28(19,32-25(34)24-20-15-18(20)17-31-24)27(36)33-40(37,38)23-13-9-8-12-22(23)30-14-10-6-4-5-7-11-21(29)26(35)39-2/h3,8-9,12-13,18-21,24,30-31H,1,4-7,10-11,14-17,29H2,2H3,(H,32,34)(H,33,36)/t18?,19-,20?,21+,24?,28-/m1/s1. The van der Waals surface area contributed by atoms with Gasteiger partial charge in [-0.2, -0.15) is 0 Å². The largest absolute Gasteiger partial charge is 0.468 e. The number of carbonyl (C=O) groups is 3. The Morgan fingerprint density at radius 1 is 1.20 bits per heavy atom. The lowest BCUT2D eigenvalue weighted by Gasteiger charge is -2.22. The third kappa shape index (κ3) is 6.84. The van der Waals surface area contributed by atoms with Crippen LogP contribution in [-0.2, 0) is 29.1 Å². The molecule has 1 saturated heterocycles. The highest BCUT2D eigenvalue weighted by atomic mass is 32.2. The van der Waals surface area contributed by atoms with E-state index >= 15 is 0 Å². The molecule has 0 spiro atoms. The molecule has 0 aromatic heterocycles. The minimum atomic E-state index is -4.21. The lowest BCUT2D eigenvalue weighted by molar-refractivity contribution is -0.142. The number of hydrogen-bond donors (Lipinski definition) is 5. The van der Waals surface area contributed by atoms with Gasteiger partial charge in [0.05, 0.1) is 18.8 Å². The molecule has 6 N–H and O–H groups in total. The number of nitrogens with one attached hydrogen (secondary N) is 4. The van der Waals surface area contributed by atoms with Crippen LogP contribution in [0.1, 0.15) is 51.4 Å². The third-order valence-electron chi connectivity index (χ3n) is 8.25. The van der Waals surface area contributed by atoms with Crippen LogP contribution in [0, 0.1) is 17.8 Å². The second-order valence-electron chi connectivity index (χ2n) is 11.1. The fourth-order valence-electron chi connectivity index (χ4n) is 5.59. The number of ether oxygens (including phenoxy) is 1. The van der Waals surface area contributed by atoms with E-state index in [4.69, 9.17) is 5.73 Å². The molecule has 11 nitrogen and oxygen atoms in total. The molecule has 3 aliphatic rings. The molecule has 1 heterocycles. The van der Waals surface area contributed by atoms with Gasteiger partial charge in [-0.25, -0.2) is 13.1 Å². The maximum absolute atomic E-state index is 13.3. The molecule has 6 atom stereocenters. The first kappa shape index (κ1) is 30.0. The van der Waals surface area contributed by atoms with Crippen molar-refractivity contribution in [2.75, 3.05) is 25.5 Å². The summed E-state index contributed by atoms with van der Waals surface area (Å²) in [4.78, 5) is 37.5. The van der Waals surface area contributed by atoms with Crippen LogP contribution in [0.2, 0.25) is 0 Å². The maximum Gasteiger partial charge on any atom is 0.322 e. The molecule has 2 amide bonds. The van der Waals surface area contributed by atoms with Crippen molar-refractivity contribution in [3.8, 4) is 0 Å². The van der Waals surface area contributed by atoms with E-state index in [2.05, 4.69) is 32.0 Å². The highest BCUT2D eigenvalue weighted by molar-refractivity contribution is 7.90. The topological polar surface area (TPSA) is 169 Å². The van der Waals surface area contributed by atoms with Gasteiger partial charge in [0.2, 0.25) is 5.91 Å². The molecule has 2 saturated carbocycles. The summed E-state index contributed by atoms with van der Waals surface area (Å²) in [5.74, 6) is -0.964. The van der Waals surface area contributed by atoms with Crippen LogP contribution < -0.4 is 26.4 Å². The number of carbonyl (C=O) groups excluding carboxylic acids is 3. The van der Waals surface area contributed by atoms with Gasteiger partial charge < -0.3 is 26.4 Å². The number of hydrogen-bond acceptors (Lipinski definition) is 9. The van der Waals surface area contributed by atoms with Crippen LogP contribution in [0.5, 0.6) is 0 Å². The molecule has 1 aromatic carbocycles. The predicted octanol–water partition coefficient (Wildman–Crippen LogP) is 1.41. The minimum Gasteiger partial charge on any atom is -0.468 e. The zero-order valence-electron chi connectivity index (χ0n) is 23.0. The number of piperidine rings is 1. The molecule has 220 valence electrons. The number of rotatable bonds is 16. The van der Waals surface area contributed by atoms with Gasteiger partial charge in [-0.15, -0.1) is 6.58 Å². The van der Waals surface area contributed by atoms with Crippen molar-refractivity contribution >= 4 is 33.5 Å². The number of amides is 2.